The molecule has 29 heavy (non-hydrogen) atoms. The van der Waals surface area contributed by atoms with Crippen molar-refractivity contribution in [2.45, 2.75) is 25.4 Å². The maximum Gasteiger partial charge on any atom is 0.338 e. The number of ether oxygens (including phenoxy) is 1. The lowest BCUT2D eigenvalue weighted by Gasteiger charge is -2.20. The molecule has 7 nitrogen and oxygen atoms in total. The zero-order chi connectivity index (χ0) is 20.2. The molecular formula is C21H18ClN3O4. The molecule has 1 heterocycles. The number of hydrogen-bond acceptors (Lipinski definition) is 6. The van der Waals surface area contributed by atoms with Crippen LogP contribution in [0.3, 0.4) is 0 Å². The molecule has 1 fully saturated rings. The van der Waals surface area contributed by atoms with Crippen LogP contribution >= 0.6 is 11.6 Å². The molecule has 0 unspecified atom stereocenters. The molecule has 0 saturated heterocycles. The highest BCUT2D eigenvalue weighted by Crippen LogP contribution is 2.30. The van der Waals surface area contributed by atoms with Crippen LogP contribution in [0.5, 0.6) is 0 Å². The van der Waals surface area contributed by atoms with Crippen LogP contribution in [0.4, 0.5) is 0 Å². The molecule has 1 aromatic heterocycles. The molecule has 1 aliphatic carbocycles. The van der Waals surface area contributed by atoms with Crippen LogP contribution in [-0.2, 0) is 16.1 Å². The van der Waals surface area contributed by atoms with Crippen molar-refractivity contribution in [3.63, 3.8) is 0 Å². The monoisotopic (exact) mass is 411 g/mol. The molecule has 0 spiro atoms. The minimum absolute atomic E-state index is 0.0913. The summed E-state index contributed by atoms with van der Waals surface area (Å²) in [4.78, 5) is 26.3. The number of esters is 1. The molecule has 0 atom stereocenters. The summed E-state index contributed by atoms with van der Waals surface area (Å²) in [6, 6.07) is 15.8. The van der Waals surface area contributed by atoms with E-state index in [4.69, 9.17) is 20.8 Å². The van der Waals surface area contributed by atoms with Gasteiger partial charge in [-0.15, -0.1) is 10.2 Å². The SMILES string of the molecule is O=C(OCC(=O)N(Cc1nnc(-c2ccccc2Cl)o1)C1CC1)c1ccccc1. The molecule has 3 aromatic rings. The minimum Gasteiger partial charge on any atom is -0.452 e. The highest BCUT2D eigenvalue weighted by Gasteiger charge is 2.34. The Kier molecular flexibility index (Phi) is 5.57. The summed E-state index contributed by atoms with van der Waals surface area (Å²) in [7, 11) is 0. The molecule has 1 aliphatic rings. The third-order valence-electron chi connectivity index (χ3n) is 4.52. The van der Waals surface area contributed by atoms with E-state index in [1.165, 1.54) is 0 Å². The van der Waals surface area contributed by atoms with Crippen LogP contribution in [0.25, 0.3) is 11.5 Å². The Balaban J connectivity index is 1.40. The Labute approximate surface area is 172 Å². The Bertz CT molecular complexity index is 1020. The van der Waals surface area contributed by atoms with Gasteiger partial charge in [0.15, 0.2) is 6.61 Å². The van der Waals surface area contributed by atoms with Crippen LogP contribution in [0.1, 0.15) is 29.1 Å². The molecular weight excluding hydrogens is 394 g/mol. The summed E-state index contributed by atoms with van der Waals surface area (Å²) in [5.74, 6) is -0.235. The number of amides is 1. The van der Waals surface area contributed by atoms with Gasteiger partial charge in [0.1, 0.15) is 0 Å². The second-order valence-corrected chi connectivity index (χ2v) is 7.08. The van der Waals surface area contributed by atoms with Gasteiger partial charge in [0.05, 0.1) is 22.7 Å². The molecule has 0 aliphatic heterocycles. The van der Waals surface area contributed by atoms with Crippen molar-refractivity contribution in [2.75, 3.05) is 6.61 Å². The number of carbonyl (C=O) groups excluding carboxylic acids is 2. The van der Waals surface area contributed by atoms with Crippen LogP contribution < -0.4 is 0 Å². The smallest absolute Gasteiger partial charge is 0.338 e. The highest BCUT2D eigenvalue weighted by atomic mass is 35.5. The largest absolute Gasteiger partial charge is 0.452 e. The first-order valence-electron chi connectivity index (χ1n) is 9.21. The van der Waals surface area contributed by atoms with Crippen molar-refractivity contribution < 1.29 is 18.7 Å². The summed E-state index contributed by atoms with van der Waals surface area (Å²) < 4.78 is 10.9. The van der Waals surface area contributed by atoms with Crippen molar-refractivity contribution >= 4 is 23.5 Å². The molecule has 8 heteroatoms. The third-order valence-corrected chi connectivity index (χ3v) is 4.85. The predicted molar refractivity (Wildman–Crippen MR) is 105 cm³/mol. The molecule has 1 amide bonds. The second kappa shape index (κ2) is 8.45. The number of hydrogen-bond donors (Lipinski definition) is 0. The maximum atomic E-state index is 12.6. The summed E-state index contributed by atoms with van der Waals surface area (Å²) in [5.41, 5.74) is 1.04. The number of aromatic nitrogens is 2. The number of nitrogens with zero attached hydrogens (tertiary/aromatic N) is 3. The molecule has 0 bridgehead atoms. The van der Waals surface area contributed by atoms with Crippen LogP contribution in [-0.4, -0.2) is 39.6 Å². The van der Waals surface area contributed by atoms with E-state index in [1.807, 2.05) is 12.1 Å². The van der Waals surface area contributed by atoms with Crippen molar-refractivity contribution in [2.24, 2.45) is 0 Å². The van der Waals surface area contributed by atoms with Crippen LogP contribution in [0.15, 0.2) is 59.0 Å². The van der Waals surface area contributed by atoms with Gasteiger partial charge in [-0.25, -0.2) is 4.79 Å². The van der Waals surface area contributed by atoms with Crippen LogP contribution in [0.2, 0.25) is 5.02 Å². The minimum atomic E-state index is -0.534. The van der Waals surface area contributed by atoms with E-state index in [0.29, 0.717) is 27.9 Å². The van der Waals surface area contributed by atoms with Gasteiger partial charge in [0.2, 0.25) is 11.8 Å². The summed E-state index contributed by atoms with van der Waals surface area (Å²) in [6.45, 7) is -0.181. The standard InChI is InChI=1S/C21H18ClN3O4/c22-17-9-5-4-8-16(17)20-24-23-18(29-20)12-25(15-10-11-15)19(26)13-28-21(27)14-6-2-1-3-7-14/h1-9,15H,10-13H2. The molecule has 148 valence electrons. The van der Waals surface area contributed by atoms with Gasteiger partial charge in [0.25, 0.3) is 5.91 Å². The zero-order valence-electron chi connectivity index (χ0n) is 15.5. The lowest BCUT2D eigenvalue weighted by molar-refractivity contribution is -0.136. The van der Waals surface area contributed by atoms with Gasteiger partial charge in [-0.1, -0.05) is 41.9 Å². The fraction of sp³-hybridized carbons (Fsp3) is 0.238. The van der Waals surface area contributed by atoms with Gasteiger partial charge in [-0.05, 0) is 37.1 Å². The van der Waals surface area contributed by atoms with Gasteiger partial charge in [-0.3, -0.25) is 4.79 Å². The summed E-state index contributed by atoms with van der Waals surface area (Å²) in [6.07, 6.45) is 1.79. The average molecular weight is 412 g/mol. The van der Waals surface area contributed by atoms with Crippen LogP contribution in [0, 0.1) is 0 Å². The summed E-state index contributed by atoms with van der Waals surface area (Å²) in [5, 5.41) is 8.57. The van der Waals surface area contributed by atoms with E-state index in [-0.39, 0.29) is 25.1 Å². The molecule has 0 radical (unpaired) electrons. The number of carbonyl (C=O) groups is 2. The van der Waals surface area contributed by atoms with E-state index in [2.05, 4.69) is 10.2 Å². The van der Waals surface area contributed by atoms with E-state index in [1.54, 1.807) is 47.4 Å². The Hall–Kier alpha value is -3.19. The third kappa shape index (κ3) is 4.63. The Morgan fingerprint density at radius 3 is 2.52 bits per heavy atom. The van der Waals surface area contributed by atoms with Gasteiger partial charge in [0, 0.05) is 6.04 Å². The molecule has 0 N–H and O–H groups in total. The topological polar surface area (TPSA) is 85.5 Å². The number of rotatable bonds is 7. The predicted octanol–water partition coefficient (Wildman–Crippen LogP) is 3.74. The van der Waals surface area contributed by atoms with Gasteiger partial charge >= 0.3 is 5.97 Å². The lowest BCUT2D eigenvalue weighted by Crippen LogP contribution is -2.36. The fourth-order valence-electron chi connectivity index (χ4n) is 2.88. The van der Waals surface area contributed by atoms with Crippen molar-refractivity contribution in [1.29, 1.82) is 0 Å². The van der Waals surface area contributed by atoms with E-state index >= 15 is 0 Å². The molecule has 2 aromatic carbocycles. The molecule has 1 saturated carbocycles. The van der Waals surface area contributed by atoms with Crippen molar-refractivity contribution in [1.82, 2.24) is 15.1 Å². The highest BCUT2D eigenvalue weighted by molar-refractivity contribution is 6.33. The van der Waals surface area contributed by atoms with Crippen molar-refractivity contribution in [3.05, 3.63) is 71.1 Å². The summed E-state index contributed by atoms with van der Waals surface area (Å²) >= 11 is 6.17. The molecule has 4 rings (SSSR count). The maximum absolute atomic E-state index is 12.6. The first kappa shape index (κ1) is 19.1. The normalized spacial score (nSPS) is 13.1. The van der Waals surface area contributed by atoms with E-state index in [9.17, 15) is 9.59 Å². The number of halogens is 1. The van der Waals surface area contributed by atoms with E-state index < -0.39 is 5.97 Å². The van der Waals surface area contributed by atoms with E-state index in [0.717, 1.165) is 12.8 Å². The fourth-order valence-corrected chi connectivity index (χ4v) is 3.10. The van der Waals surface area contributed by atoms with Gasteiger partial charge < -0.3 is 14.1 Å². The number of benzene rings is 2. The first-order valence-corrected chi connectivity index (χ1v) is 9.58. The van der Waals surface area contributed by atoms with Crippen molar-refractivity contribution in [3.8, 4) is 11.5 Å². The first-order chi connectivity index (χ1) is 14.1. The zero-order valence-corrected chi connectivity index (χ0v) is 16.2. The lowest BCUT2D eigenvalue weighted by atomic mass is 10.2. The Morgan fingerprint density at radius 1 is 1.07 bits per heavy atom. The Morgan fingerprint density at radius 2 is 1.79 bits per heavy atom. The van der Waals surface area contributed by atoms with Gasteiger partial charge in [-0.2, -0.15) is 0 Å². The average Bonchev–Trinajstić information content (AvgIpc) is 3.49. The second-order valence-electron chi connectivity index (χ2n) is 6.68. The quantitative estimate of drug-likeness (QED) is 0.550.